The lowest BCUT2D eigenvalue weighted by atomic mass is 10.1. The number of benzene rings is 2. The topological polar surface area (TPSA) is 164 Å². The van der Waals surface area contributed by atoms with Crippen LogP contribution in [0, 0.1) is 17.1 Å². The summed E-state index contributed by atoms with van der Waals surface area (Å²) in [6.07, 6.45) is 0.769. The van der Waals surface area contributed by atoms with Crippen molar-refractivity contribution in [2.45, 2.75) is 19.0 Å². The second-order valence-electron chi connectivity index (χ2n) is 8.50. The largest absolute Gasteiger partial charge is 0.497 e. The number of aromatic nitrogens is 3. The molecule has 0 aliphatic rings. The molecular weight excluding hydrogens is 544 g/mol. The molecule has 4 rings (SSSR count). The van der Waals surface area contributed by atoms with Crippen LogP contribution in [0.25, 0.3) is 11.0 Å². The number of amides is 1. The Morgan fingerprint density at radius 3 is 2.58 bits per heavy atom. The molecule has 0 saturated carbocycles. The summed E-state index contributed by atoms with van der Waals surface area (Å²) < 4.78 is 60.3. The van der Waals surface area contributed by atoms with E-state index in [4.69, 9.17) is 10.5 Å². The summed E-state index contributed by atoms with van der Waals surface area (Å²) in [4.78, 5) is 25.0. The number of hydrogen-bond acceptors (Lipinski definition) is 9. The highest BCUT2D eigenvalue weighted by Gasteiger charge is 2.24. The van der Waals surface area contributed by atoms with E-state index in [1.54, 1.807) is 30.3 Å². The van der Waals surface area contributed by atoms with Crippen molar-refractivity contribution in [1.29, 1.82) is 5.26 Å². The van der Waals surface area contributed by atoms with Gasteiger partial charge in [-0.15, -0.1) is 0 Å². The Labute approximate surface area is 229 Å². The Morgan fingerprint density at radius 2 is 1.90 bits per heavy atom. The van der Waals surface area contributed by atoms with Gasteiger partial charge in [-0.2, -0.15) is 5.26 Å². The van der Waals surface area contributed by atoms with Crippen molar-refractivity contribution in [3.8, 4) is 11.8 Å². The number of nitrogen functional groups attached to an aromatic ring is 1. The zero-order valence-electron chi connectivity index (χ0n) is 21.0. The summed E-state index contributed by atoms with van der Waals surface area (Å²) >= 11 is 0. The van der Waals surface area contributed by atoms with Crippen LogP contribution in [0.2, 0.25) is 0 Å². The minimum Gasteiger partial charge on any atom is -0.497 e. The van der Waals surface area contributed by atoms with Crippen LogP contribution in [0.15, 0.2) is 55.0 Å². The van der Waals surface area contributed by atoms with Gasteiger partial charge in [-0.25, -0.2) is 27.2 Å². The summed E-state index contributed by atoms with van der Waals surface area (Å²) in [5.74, 6) is -1.38. The van der Waals surface area contributed by atoms with E-state index in [9.17, 15) is 22.9 Å². The number of thiol groups is 1. The lowest BCUT2D eigenvalue weighted by Crippen LogP contribution is -2.27. The van der Waals surface area contributed by atoms with Crippen LogP contribution in [0.5, 0.6) is 5.75 Å². The molecule has 2 aromatic carbocycles. The zero-order chi connectivity index (χ0) is 28.8. The number of rotatable bonds is 10. The highest BCUT2D eigenvalue weighted by atomic mass is 32.2. The third-order valence-corrected chi connectivity index (χ3v) is 6.83. The second-order valence-corrected chi connectivity index (χ2v) is 9.46. The Bertz CT molecular complexity index is 1670. The summed E-state index contributed by atoms with van der Waals surface area (Å²) in [5, 5.41) is 11.8. The molecule has 2 heterocycles. The van der Waals surface area contributed by atoms with Crippen molar-refractivity contribution in [2.24, 2.45) is 0 Å². The molecule has 14 heteroatoms. The van der Waals surface area contributed by atoms with Gasteiger partial charge in [-0.1, -0.05) is 12.1 Å². The summed E-state index contributed by atoms with van der Waals surface area (Å²) in [7, 11) is -1.88. The van der Waals surface area contributed by atoms with Crippen LogP contribution in [-0.2, 0) is 17.3 Å². The van der Waals surface area contributed by atoms with Crippen LogP contribution in [0.1, 0.15) is 27.9 Å². The van der Waals surface area contributed by atoms with E-state index in [2.05, 4.69) is 20.3 Å². The maximum absolute atomic E-state index is 15.7. The van der Waals surface area contributed by atoms with E-state index in [1.807, 2.05) is 0 Å². The van der Waals surface area contributed by atoms with Crippen molar-refractivity contribution in [1.82, 2.24) is 15.0 Å². The van der Waals surface area contributed by atoms with Crippen molar-refractivity contribution in [2.75, 3.05) is 29.0 Å². The normalized spacial score (nSPS) is 11.7. The van der Waals surface area contributed by atoms with Gasteiger partial charge in [0.1, 0.15) is 35.4 Å². The first-order valence-corrected chi connectivity index (χ1v) is 12.9. The Balaban J connectivity index is 1.58. The predicted molar refractivity (Wildman–Crippen MR) is 145 cm³/mol. The second kappa shape index (κ2) is 12.3. The van der Waals surface area contributed by atoms with Crippen molar-refractivity contribution in [3.63, 3.8) is 0 Å². The number of methoxy groups -OCH3 is 1. The number of alkyl halides is 1. The van der Waals surface area contributed by atoms with Gasteiger partial charge in [0.2, 0.25) is 10.9 Å². The predicted octanol–water partition coefficient (Wildman–Crippen LogP) is 3.18. The average Bonchev–Trinajstić information content (AvgIpc) is 2.95. The standard InChI is InChI=1S/C26H23F2N7O4S/c1-39-18-5-2-15(3-6-18)12-17(27)9-11-35(40(37)38)20-7-4-16(13-29)22(21(20)28)34-26(36)19-8-10-31-24-23(19)32-14-33-25(24)30/h2-8,10,14,17,40H,9,11-12H2,1H3,(H,34,36)(H2,30,32,33). The highest BCUT2D eigenvalue weighted by molar-refractivity contribution is 7.74. The van der Waals surface area contributed by atoms with Crippen LogP contribution < -0.4 is 20.1 Å². The maximum Gasteiger partial charge on any atom is 0.258 e. The number of halogens is 2. The minimum absolute atomic E-state index is 0.0125. The molecule has 1 unspecified atom stereocenters. The molecule has 0 aliphatic carbocycles. The lowest BCUT2D eigenvalue weighted by molar-refractivity contribution is 0.102. The monoisotopic (exact) mass is 567 g/mol. The number of pyridine rings is 1. The van der Waals surface area contributed by atoms with Crippen LogP contribution in [0.3, 0.4) is 0 Å². The molecule has 0 radical (unpaired) electrons. The van der Waals surface area contributed by atoms with E-state index in [-0.39, 0.29) is 47.4 Å². The lowest BCUT2D eigenvalue weighted by Gasteiger charge is -2.21. The zero-order valence-corrected chi connectivity index (χ0v) is 21.9. The van der Waals surface area contributed by atoms with E-state index in [1.165, 1.54) is 19.4 Å². The molecule has 0 fully saturated rings. The fraction of sp³-hybridized carbons (Fsp3) is 0.192. The number of nitrogens with one attached hydrogen (secondary N) is 1. The first kappa shape index (κ1) is 28.1. The van der Waals surface area contributed by atoms with Gasteiger partial charge in [-0.05, 0) is 42.3 Å². The highest BCUT2D eigenvalue weighted by Crippen LogP contribution is 2.31. The number of fused-ring (bicyclic) bond motifs is 1. The maximum atomic E-state index is 15.7. The number of nitriles is 1. The van der Waals surface area contributed by atoms with Crippen molar-refractivity contribution >= 4 is 45.0 Å². The van der Waals surface area contributed by atoms with E-state index < -0.39 is 40.2 Å². The Hall–Kier alpha value is -4.90. The van der Waals surface area contributed by atoms with E-state index in [0.717, 1.165) is 18.5 Å². The molecule has 40 heavy (non-hydrogen) atoms. The van der Waals surface area contributed by atoms with Gasteiger partial charge in [0.05, 0.1) is 29.6 Å². The molecule has 1 amide bonds. The molecule has 0 aliphatic heterocycles. The number of hydrogen-bond donors (Lipinski definition) is 3. The first-order chi connectivity index (χ1) is 19.2. The molecule has 2 aromatic heterocycles. The molecule has 0 bridgehead atoms. The summed E-state index contributed by atoms with van der Waals surface area (Å²) in [5.41, 5.74) is 5.43. The fourth-order valence-corrected chi connectivity index (χ4v) is 4.61. The van der Waals surface area contributed by atoms with Crippen molar-refractivity contribution < 1.29 is 26.7 Å². The third-order valence-electron chi connectivity index (χ3n) is 6.02. The van der Waals surface area contributed by atoms with Crippen molar-refractivity contribution in [3.05, 3.63) is 77.5 Å². The summed E-state index contributed by atoms with van der Waals surface area (Å²) in [6.45, 7) is -0.378. The molecule has 206 valence electrons. The number of nitrogens with zero attached hydrogens (tertiary/aromatic N) is 5. The molecule has 0 spiro atoms. The van der Waals surface area contributed by atoms with Gasteiger partial charge < -0.3 is 15.8 Å². The SMILES string of the molecule is COc1ccc(CC(F)CCN(c2ccc(C#N)c(NC(=O)c3ccnc4c(N)ncnc34)c2F)[SH](=O)=O)cc1. The minimum atomic E-state index is -3.40. The molecule has 1 atom stereocenters. The smallest absolute Gasteiger partial charge is 0.258 e. The van der Waals surface area contributed by atoms with Gasteiger partial charge in [0.15, 0.2) is 11.6 Å². The molecule has 0 saturated heterocycles. The molecular formula is C26H23F2N7O4S. The number of carbonyl (C=O) groups excluding carboxylic acids is 1. The van der Waals surface area contributed by atoms with E-state index in [0.29, 0.717) is 15.6 Å². The molecule has 4 aromatic rings. The average molecular weight is 568 g/mol. The third kappa shape index (κ3) is 6.05. The quantitative estimate of drug-likeness (QED) is 0.244. The number of ether oxygens (including phenoxy) is 1. The molecule has 11 nitrogen and oxygen atoms in total. The first-order valence-electron chi connectivity index (χ1n) is 11.8. The van der Waals surface area contributed by atoms with Crippen LogP contribution >= 0.6 is 0 Å². The Morgan fingerprint density at radius 1 is 1.15 bits per heavy atom. The van der Waals surface area contributed by atoms with Gasteiger partial charge in [-0.3, -0.25) is 14.1 Å². The summed E-state index contributed by atoms with van der Waals surface area (Å²) in [6, 6.07) is 12.1. The number of anilines is 3. The van der Waals surface area contributed by atoms with Gasteiger partial charge in [0, 0.05) is 19.2 Å². The Kier molecular flexibility index (Phi) is 8.65. The van der Waals surface area contributed by atoms with E-state index >= 15 is 4.39 Å². The van der Waals surface area contributed by atoms with Gasteiger partial charge in [0.25, 0.3) is 5.91 Å². The number of carbonyl (C=O) groups is 1. The van der Waals surface area contributed by atoms with Crippen LogP contribution in [-0.4, -0.2) is 49.1 Å². The molecule has 3 N–H and O–H groups in total. The fourth-order valence-electron chi connectivity index (χ4n) is 4.00. The number of nitrogens with two attached hydrogens (primary N) is 1. The van der Waals surface area contributed by atoms with Crippen LogP contribution in [0.4, 0.5) is 26.0 Å². The van der Waals surface area contributed by atoms with Gasteiger partial charge >= 0.3 is 0 Å².